The van der Waals surface area contributed by atoms with Crippen molar-refractivity contribution in [1.82, 2.24) is 0 Å². The van der Waals surface area contributed by atoms with Crippen molar-refractivity contribution in [2.24, 2.45) is 0 Å². The molecular weight excluding hydrogens is 204 g/mol. The molecule has 1 fully saturated rings. The second kappa shape index (κ2) is 5.04. The van der Waals surface area contributed by atoms with Gasteiger partial charge in [-0.25, -0.2) is 0 Å². The van der Waals surface area contributed by atoms with Gasteiger partial charge in [-0.1, -0.05) is 31.0 Å². The number of thioether (sulfide) groups is 1. The van der Waals surface area contributed by atoms with Gasteiger partial charge in [0.15, 0.2) is 0 Å². The van der Waals surface area contributed by atoms with Gasteiger partial charge in [0.25, 0.3) is 0 Å². The molecule has 1 aliphatic rings. The van der Waals surface area contributed by atoms with Crippen LogP contribution in [0.1, 0.15) is 31.2 Å². The first kappa shape index (κ1) is 11.0. The maximum atomic E-state index is 9.90. The van der Waals surface area contributed by atoms with Crippen LogP contribution in [0.15, 0.2) is 29.2 Å². The highest BCUT2D eigenvalue weighted by Gasteiger charge is 2.24. The number of hydrogen-bond donors (Lipinski definition) is 1. The van der Waals surface area contributed by atoms with Crippen molar-refractivity contribution in [1.29, 1.82) is 0 Å². The molecule has 0 aliphatic heterocycles. The van der Waals surface area contributed by atoms with Crippen molar-refractivity contribution >= 4 is 11.8 Å². The van der Waals surface area contributed by atoms with Crippen molar-refractivity contribution in [3.63, 3.8) is 0 Å². The van der Waals surface area contributed by atoms with E-state index in [1.807, 2.05) is 11.8 Å². The van der Waals surface area contributed by atoms with Gasteiger partial charge in [0, 0.05) is 10.1 Å². The fourth-order valence-corrected chi connectivity index (χ4v) is 3.38. The molecule has 0 heterocycles. The predicted octanol–water partition coefficient (Wildman–Crippen LogP) is 3.39. The second-order valence-corrected chi connectivity index (χ2v) is 5.55. The van der Waals surface area contributed by atoms with Crippen molar-refractivity contribution in [2.75, 3.05) is 0 Å². The van der Waals surface area contributed by atoms with Gasteiger partial charge in [-0.3, -0.25) is 0 Å². The molecule has 0 amide bonds. The molecule has 0 spiro atoms. The molecule has 1 aromatic carbocycles. The number of aryl methyl sites for hydroxylation is 1. The van der Waals surface area contributed by atoms with Crippen LogP contribution < -0.4 is 0 Å². The maximum absolute atomic E-state index is 9.90. The zero-order valence-electron chi connectivity index (χ0n) is 9.15. The van der Waals surface area contributed by atoms with Crippen molar-refractivity contribution in [2.45, 2.75) is 48.9 Å². The summed E-state index contributed by atoms with van der Waals surface area (Å²) in [6.07, 6.45) is 4.47. The van der Waals surface area contributed by atoms with E-state index in [0.29, 0.717) is 5.25 Å². The molecule has 15 heavy (non-hydrogen) atoms. The molecule has 1 aliphatic carbocycles. The molecule has 0 bridgehead atoms. The van der Waals surface area contributed by atoms with Crippen LogP contribution in [0.5, 0.6) is 0 Å². The third-order valence-electron chi connectivity index (χ3n) is 3.04. The molecule has 2 heteroatoms. The van der Waals surface area contributed by atoms with E-state index in [4.69, 9.17) is 0 Å². The summed E-state index contributed by atoms with van der Waals surface area (Å²) < 4.78 is 0. The lowest BCUT2D eigenvalue weighted by Crippen LogP contribution is -2.26. The lowest BCUT2D eigenvalue weighted by Gasteiger charge is -2.27. The Hall–Kier alpha value is -0.470. The summed E-state index contributed by atoms with van der Waals surface area (Å²) in [7, 11) is 0. The zero-order chi connectivity index (χ0) is 10.7. The third-order valence-corrected chi connectivity index (χ3v) is 4.60. The highest BCUT2D eigenvalue weighted by molar-refractivity contribution is 8.00. The van der Waals surface area contributed by atoms with E-state index in [0.717, 1.165) is 12.8 Å². The monoisotopic (exact) mass is 222 g/mol. The van der Waals surface area contributed by atoms with Crippen molar-refractivity contribution in [3.8, 4) is 0 Å². The Labute approximate surface area is 95.9 Å². The number of rotatable bonds is 2. The van der Waals surface area contributed by atoms with Crippen LogP contribution in [0.2, 0.25) is 0 Å². The van der Waals surface area contributed by atoms with Gasteiger partial charge >= 0.3 is 0 Å². The van der Waals surface area contributed by atoms with Crippen LogP contribution in [0.25, 0.3) is 0 Å². The van der Waals surface area contributed by atoms with Crippen LogP contribution in [-0.4, -0.2) is 16.5 Å². The van der Waals surface area contributed by atoms with E-state index in [9.17, 15) is 5.11 Å². The lowest BCUT2D eigenvalue weighted by atomic mass is 9.97. The molecule has 1 N–H and O–H groups in total. The van der Waals surface area contributed by atoms with E-state index in [2.05, 4.69) is 31.2 Å². The summed E-state index contributed by atoms with van der Waals surface area (Å²) in [5.41, 5.74) is 1.32. The highest BCUT2D eigenvalue weighted by atomic mass is 32.2. The van der Waals surface area contributed by atoms with E-state index < -0.39 is 0 Å². The van der Waals surface area contributed by atoms with Crippen LogP contribution in [0.3, 0.4) is 0 Å². The summed E-state index contributed by atoms with van der Waals surface area (Å²) in [6.45, 7) is 2.14. The summed E-state index contributed by atoms with van der Waals surface area (Å²) in [5, 5.41) is 10.3. The van der Waals surface area contributed by atoms with Gasteiger partial charge in [-0.05, 0) is 31.4 Å². The van der Waals surface area contributed by atoms with E-state index in [-0.39, 0.29) is 6.10 Å². The number of benzene rings is 1. The van der Waals surface area contributed by atoms with Gasteiger partial charge in [-0.2, -0.15) is 0 Å². The standard InChI is InChI=1S/C13H18OS/c1-10-6-2-4-8-12(10)15-13-9-5-3-7-11(13)14/h2,4,6,8,11,13-14H,3,5,7,9H2,1H3/t11-,13-/m0/s1. The summed E-state index contributed by atoms with van der Waals surface area (Å²) in [5.74, 6) is 0. The molecule has 1 saturated carbocycles. The van der Waals surface area contributed by atoms with Crippen molar-refractivity contribution < 1.29 is 5.11 Å². The first-order chi connectivity index (χ1) is 7.27. The van der Waals surface area contributed by atoms with Gasteiger partial charge in [0.1, 0.15) is 0 Å². The number of hydrogen-bond acceptors (Lipinski definition) is 2. The van der Waals surface area contributed by atoms with Gasteiger partial charge in [0.2, 0.25) is 0 Å². The molecule has 0 saturated heterocycles. The summed E-state index contributed by atoms with van der Waals surface area (Å²) >= 11 is 1.85. The smallest absolute Gasteiger partial charge is 0.0662 e. The minimum atomic E-state index is -0.108. The topological polar surface area (TPSA) is 20.2 Å². The van der Waals surface area contributed by atoms with Gasteiger partial charge in [-0.15, -0.1) is 11.8 Å². The average molecular weight is 222 g/mol. The largest absolute Gasteiger partial charge is 0.392 e. The lowest BCUT2D eigenvalue weighted by molar-refractivity contribution is 0.137. The molecule has 2 atom stereocenters. The second-order valence-electron chi connectivity index (χ2n) is 4.27. The highest BCUT2D eigenvalue weighted by Crippen LogP contribution is 2.35. The minimum absolute atomic E-state index is 0.108. The zero-order valence-corrected chi connectivity index (χ0v) is 9.96. The number of aliphatic hydroxyl groups excluding tert-OH is 1. The molecule has 0 aromatic heterocycles. The SMILES string of the molecule is Cc1ccccc1S[C@H]1CCCC[C@@H]1O. The van der Waals surface area contributed by atoms with Crippen LogP contribution >= 0.6 is 11.8 Å². The Kier molecular flexibility index (Phi) is 3.71. The Morgan fingerprint density at radius 1 is 1.20 bits per heavy atom. The summed E-state index contributed by atoms with van der Waals surface area (Å²) in [6, 6.07) is 8.43. The molecule has 0 unspecified atom stereocenters. The Bertz CT molecular complexity index is 324. The quantitative estimate of drug-likeness (QED) is 0.827. The Morgan fingerprint density at radius 3 is 2.67 bits per heavy atom. The molecule has 1 nitrogen and oxygen atoms in total. The van der Waals surface area contributed by atoms with Gasteiger partial charge in [0.05, 0.1) is 6.10 Å². The number of aliphatic hydroxyl groups is 1. The first-order valence-corrected chi connectivity index (χ1v) is 6.55. The fourth-order valence-electron chi connectivity index (χ4n) is 2.07. The molecule has 82 valence electrons. The molecule has 0 radical (unpaired) electrons. The Balaban J connectivity index is 2.04. The van der Waals surface area contributed by atoms with Crippen LogP contribution in [0.4, 0.5) is 0 Å². The minimum Gasteiger partial charge on any atom is -0.392 e. The van der Waals surface area contributed by atoms with Gasteiger partial charge < -0.3 is 5.11 Å². The summed E-state index contributed by atoms with van der Waals surface area (Å²) in [4.78, 5) is 1.32. The van der Waals surface area contributed by atoms with E-state index >= 15 is 0 Å². The third kappa shape index (κ3) is 2.76. The molecule has 1 aromatic rings. The van der Waals surface area contributed by atoms with Crippen LogP contribution in [0, 0.1) is 6.92 Å². The fraction of sp³-hybridized carbons (Fsp3) is 0.538. The van der Waals surface area contributed by atoms with Crippen molar-refractivity contribution in [3.05, 3.63) is 29.8 Å². The average Bonchev–Trinajstić information content (AvgIpc) is 2.24. The predicted molar refractivity (Wildman–Crippen MR) is 65.3 cm³/mol. The normalized spacial score (nSPS) is 26.5. The van der Waals surface area contributed by atoms with Crippen LogP contribution in [-0.2, 0) is 0 Å². The van der Waals surface area contributed by atoms with E-state index in [1.165, 1.54) is 23.3 Å². The first-order valence-electron chi connectivity index (χ1n) is 5.68. The molecule has 2 rings (SSSR count). The Morgan fingerprint density at radius 2 is 1.93 bits per heavy atom. The maximum Gasteiger partial charge on any atom is 0.0662 e. The molecular formula is C13H18OS. The van der Waals surface area contributed by atoms with E-state index in [1.54, 1.807) is 0 Å².